The second kappa shape index (κ2) is 10.3. The lowest BCUT2D eigenvalue weighted by molar-refractivity contribution is -0.137. The molecule has 5 nitrogen and oxygen atoms in total. The first-order chi connectivity index (χ1) is 18.4. The smallest absolute Gasteiger partial charge is 0.372 e. The summed E-state index contributed by atoms with van der Waals surface area (Å²) in [4.78, 5) is -0.666. The van der Waals surface area contributed by atoms with Crippen molar-refractivity contribution in [3.05, 3.63) is 93.3 Å². The Morgan fingerprint density at radius 1 is 0.825 bits per heavy atom. The number of rotatable bonds is 7. The van der Waals surface area contributed by atoms with Crippen LogP contribution >= 0.6 is 0 Å². The Labute approximate surface area is 223 Å². The van der Waals surface area contributed by atoms with Crippen molar-refractivity contribution in [1.82, 2.24) is 0 Å². The highest BCUT2D eigenvalue weighted by molar-refractivity contribution is 7.90. The molecular formula is C25H18F8O5S2. The van der Waals surface area contributed by atoms with Crippen LogP contribution in [-0.4, -0.2) is 28.8 Å². The van der Waals surface area contributed by atoms with Crippen molar-refractivity contribution in [1.29, 1.82) is 0 Å². The minimum Gasteiger partial charge on any atom is -0.372 e. The van der Waals surface area contributed by atoms with Crippen LogP contribution in [0.4, 0.5) is 35.1 Å². The van der Waals surface area contributed by atoms with Crippen molar-refractivity contribution in [3.63, 3.8) is 0 Å². The van der Waals surface area contributed by atoms with Crippen LogP contribution in [0.5, 0.6) is 5.75 Å². The van der Waals surface area contributed by atoms with Gasteiger partial charge in [-0.2, -0.15) is 30.4 Å². The lowest BCUT2D eigenvalue weighted by Gasteiger charge is -2.19. The van der Waals surface area contributed by atoms with Crippen molar-refractivity contribution in [3.8, 4) is 5.75 Å². The molecule has 1 aliphatic rings. The minimum absolute atomic E-state index is 0.143. The van der Waals surface area contributed by atoms with E-state index in [4.69, 9.17) is 0 Å². The third kappa shape index (κ3) is 5.80. The van der Waals surface area contributed by atoms with E-state index < -0.39 is 83.1 Å². The van der Waals surface area contributed by atoms with Crippen LogP contribution in [0.25, 0.3) is 0 Å². The van der Waals surface area contributed by atoms with Gasteiger partial charge in [0.05, 0.1) is 11.3 Å². The van der Waals surface area contributed by atoms with E-state index in [1.54, 1.807) is 0 Å². The average molecular weight is 615 g/mol. The van der Waals surface area contributed by atoms with Crippen molar-refractivity contribution in [2.24, 2.45) is 0 Å². The molecule has 1 unspecified atom stereocenters. The molecule has 40 heavy (non-hydrogen) atoms. The molecule has 216 valence electrons. The topological polar surface area (TPSA) is 77.5 Å². The van der Waals surface area contributed by atoms with Gasteiger partial charge < -0.3 is 4.18 Å². The van der Waals surface area contributed by atoms with E-state index in [0.29, 0.717) is 23.1 Å². The first-order valence-corrected chi connectivity index (χ1v) is 14.8. The molecule has 0 bridgehead atoms. The summed E-state index contributed by atoms with van der Waals surface area (Å²) in [6, 6.07) is 6.27. The molecule has 1 atom stereocenters. The first kappa shape index (κ1) is 29.8. The van der Waals surface area contributed by atoms with Crippen LogP contribution in [0.3, 0.4) is 0 Å². The standard InChI is InChI=1S/C25H18F8O5S2/c1-39(34,35)9-8-13-10-14(25(31,32)33)3-6-16(13)18-5-2-12-11-15(4-7-17(12)18)40(36,37)38-24-22(29)20(27)19(26)21(28)23(24)30/h3-4,6-7,10-11,18H,2,5,8-9H2,1H3. The quantitative estimate of drug-likeness (QED) is 0.145. The molecule has 15 heteroatoms. The molecule has 3 aromatic rings. The lowest BCUT2D eigenvalue weighted by Crippen LogP contribution is -2.15. The average Bonchev–Trinajstić information content (AvgIpc) is 3.29. The van der Waals surface area contributed by atoms with Crippen LogP contribution in [0.2, 0.25) is 0 Å². The van der Waals surface area contributed by atoms with Gasteiger partial charge in [0.2, 0.25) is 34.8 Å². The predicted molar refractivity (Wildman–Crippen MR) is 126 cm³/mol. The van der Waals surface area contributed by atoms with Gasteiger partial charge in [-0.15, -0.1) is 0 Å². The van der Waals surface area contributed by atoms with E-state index in [9.17, 15) is 52.0 Å². The zero-order valence-corrected chi connectivity index (χ0v) is 21.9. The van der Waals surface area contributed by atoms with Gasteiger partial charge in [0.25, 0.3) is 0 Å². The third-order valence-electron chi connectivity index (χ3n) is 6.43. The zero-order valence-electron chi connectivity index (χ0n) is 20.3. The van der Waals surface area contributed by atoms with Gasteiger partial charge in [-0.1, -0.05) is 12.1 Å². The monoisotopic (exact) mass is 614 g/mol. The number of hydrogen-bond acceptors (Lipinski definition) is 5. The van der Waals surface area contributed by atoms with Gasteiger partial charge in [0.15, 0.2) is 0 Å². The van der Waals surface area contributed by atoms with E-state index in [-0.39, 0.29) is 18.4 Å². The normalized spacial score (nSPS) is 15.8. The van der Waals surface area contributed by atoms with Gasteiger partial charge in [-0.05, 0) is 65.8 Å². The highest BCUT2D eigenvalue weighted by Crippen LogP contribution is 2.42. The number of benzene rings is 3. The van der Waals surface area contributed by atoms with Crippen LogP contribution in [-0.2, 0) is 39.0 Å². The predicted octanol–water partition coefficient (Wildman–Crippen LogP) is 5.83. The van der Waals surface area contributed by atoms with Gasteiger partial charge >= 0.3 is 16.3 Å². The fourth-order valence-electron chi connectivity index (χ4n) is 4.52. The van der Waals surface area contributed by atoms with Crippen LogP contribution < -0.4 is 4.18 Å². The zero-order chi connectivity index (χ0) is 29.8. The highest BCUT2D eigenvalue weighted by atomic mass is 32.2. The van der Waals surface area contributed by atoms with Crippen LogP contribution in [0.15, 0.2) is 41.3 Å². The fraction of sp³-hybridized carbons (Fsp3) is 0.280. The van der Waals surface area contributed by atoms with E-state index in [0.717, 1.165) is 30.5 Å². The Morgan fingerprint density at radius 3 is 1.98 bits per heavy atom. The molecule has 3 aromatic carbocycles. The van der Waals surface area contributed by atoms with E-state index >= 15 is 0 Å². The summed E-state index contributed by atoms with van der Waals surface area (Å²) in [5.74, 6) is -15.2. The lowest BCUT2D eigenvalue weighted by atomic mass is 9.87. The summed E-state index contributed by atoms with van der Waals surface area (Å²) in [6.07, 6.45) is -3.43. The highest BCUT2D eigenvalue weighted by Gasteiger charge is 2.35. The molecule has 0 saturated heterocycles. The fourth-order valence-corrected chi connectivity index (χ4v) is 6.10. The first-order valence-electron chi connectivity index (χ1n) is 11.4. The second-order valence-corrected chi connectivity index (χ2v) is 13.0. The molecule has 0 N–H and O–H groups in total. The molecule has 0 saturated carbocycles. The Kier molecular flexibility index (Phi) is 7.69. The molecule has 0 aliphatic heterocycles. The SMILES string of the molecule is CS(=O)(=O)CCc1cc(C(F)(F)F)ccc1C1CCc2cc(S(=O)(=O)Oc3c(F)c(F)c(F)c(F)c3F)ccc21. The van der Waals surface area contributed by atoms with Crippen molar-refractivity contribution in [2.45, 2.75) is 36.3 Å². The Balaban J connectivity index is 1.70. The molecule has 0 fully saturated rings. The number of fused-ring (bicyclic) bond motifs is 1. The summed E-state index contributed by atoms with van der Waals surface area (Å²) in [5, 5.41) is 0. The van der Waals surface area contributed by atoms with Gasteiger partial charge in [0.1, 0.15) is 14.7 Å². The van der Waals surface area contributed by atoms with E-state index in [2.05, 4.69) is 4.18 Å². The molecule has 0 heterocycles. The van der Waals surface area contributed by atoms with Crippen LogP contribution in [0.1, 0.15) is 40.2 Å². The maximum Gasteiger partial charge on any atom is 0.416 e. The molecule has 0 spiro atoms. The van der Waals surface area contributed by atoms with Gasteiger partial charge in [-0.25, -0.2) is 21.6 Å². The molecule has 0 aromatic heterocycles. The maximum absolute atomic E-state index is 14.0. The third-order valence-corrected chi connectivity index (χ3v) is 8.59. The van der Waals surface area contributed by atoms with E-state index in [1.807, 2.05) is 0 Å². The summed E-state index contributed by atoms with van der Waals surface area (Å²) >= 11 is 0. The Hall–Kier alpha value is -3.20. The Bertz CT molecular complexity index is 1690. The largest absolute Gasteiger partial charge is 0.416 e. The number of sulfone groups is 1. The number of halogens is 8. The summed E-state index contributed by atoms with van der Waals surface area (Å²) in [7, 11) is -8.61. The summed E-state index contributed by atoms with van der Waals surface area (Å²) in [5.41, 5.74) is 0.453. The van der Waals surface area contributed by atoms with Crippen molar-refractivity contribution < 1.29 is 56.1 Å². The Morgan fingerprint density at radius 2 is 1.40 bits per heavy atom. The van der Waals surface area contributed by atoms with Gasteiger partial charge in [-0.3, -0.25) is 0 Å². The summed E-state index contributed by atoms with van der Waals surface area (Å²) < 4.78 is 161. The molecule has 0 amide bonds. The number of hydrogen-bond donors (Lipinski definition) is 0. The van der Waals surface area contributed by atoms with Crippen molar-refractivity contribution >= 4 is 20.0 Å². The molecule has 4 rings (SSSR count). The second-order valence-electron chi connectivity index (χ2n) is 9.18. The van der Waals surface area contributed by atoms with E-state index in [1.165, 1.54) is 12.1 Å². The minimum atomic E-state index is -5.09. The van der Waals surface area contributed by atoms with Crippen molar-refractivity contribution in [2.75, 3.05) is 12.0 Å². The summed E-state index contributed by atoms with van der Waals surface area (Å²) in [6.45, 7) is 0. The molecule has 0 radical (unpaired) electrons. The maximum atomic E-state index is 14.0. The number of aryl methyl sites for hydroxylation is 2. The molecular weight excluding hydrogens is 596 g/mol. The van der Waals surface area contributed by atoms with Crippen LogP contribution in [0, 0.1) is 29.1 Å². The molecule has 1 aliphatic carbocycles. The van der Waals surface area contributed by atoms with Gasteiger partial charge in [0, 0.05) is 12.2 Å². The number of alkyl halides is 3.